The van der Waals surface area contributed by atoms with Crippen LogP contribution in [0.15, 0.2) is 0 Å². The maximum Gasteiger partial charge on any atom is 0.171 e. The van der Waals surface area contributed by atoms with Crippen LogP contribution in [-0.2, 0) is 8.85 Å². The maximum absolute atomic E-state index is 5.03. The summed E-state index contributed by atoms with van der Waals surface area (Å²) < 4.78 is 10.0. The summed E-state index contributed by atoms with van der Waals surface area (Å²) in [5.41, 5.74) is 0. The van der Waals surface area contributed by atoms with E-state index in [1.807, 2.05) is 6.92 Å². The van der Waals surface area contributed by atoms with Gasteiger partial charge in [0.1, 0.15) is 10.5 Å². The molecule has 0 saturated heterocycles. The van der Waals surface area contributed by atoms with Gasteiger partial charge in [-0.3, -0.25) is 0 Å². The van der Waals surface area contributed by atoms with Gasteiger partial charge in [0.05, 0.1) is 6.23 Å². The summed E-state index contributed by atoms with van der Waals surface area (Å²) in [6, 6.07) is 0. The number of hydrogen-bond donors (Lipinski definition) is 0. The number of hydrogen-bond acceptors (Lipinski definition) is 2. The standard InChI is InChI=1S/C3H12O2Si2/c1-2-4-3-7-5-6/h2-3,7H2,1,6H3. The lowest BCUT2D eigenvalue weighted by atomic mass is 10.9. The molecule has 0 atom stereocenters. The highest BCUT2D eigenvalue weighted by atomic mass is 28.3. The van der Waals surface area contributed by atoms with Crippen LogP contribution in [0.1, 0.15) is 6.92 Å². The van der Waals surface area contributed by atoms with Crippen LogP contribution in [0.25, 0.3) is 0 Å². The van der Waals surface area contributed by atoms with Gasteiger partial charge in [-0.05, 0) is 6.92 Å². The molecule has 0 heterocycles. The second-order valence-electron chi connectivity index (χ2n) is 1.19. The van der Waals surface area contributed by atoms with E-state index >= 15 is 0 Å². The predicted molar refractivity (Wildman–Crippen MR) is 36.1 cm³/mol. The summed E-state index contributed by atoms with van der Waals surface area (Å²) in [6.45, 7) is 2.83. The Morgan fingerprint density at radius 1 is 1.71 bits per heavy atom. The van der Waals surface area contributed by atoms with Crippen LogP contribution in [0.4, 0.5) is 0 Å². The molecular weight excluding hydrogens is 124 g/mol. The molecular formula is C3H12O2Si2. The third-order valence-electron chi connectivity index (χ3n) is 0.636. The van der Waals surface area contributed by atoms with E-state index in [1.165, 1.54) is 0 Å². The molecule has 2 nitrogen and oxygen atoms in total. The summed E-state index contributed by atoms with van der Waals surface area (Å²) in [5.74, 6) is 0. The Hall–Kier alpha value is 0.354. The molecule has 7 heavy (non-hydrogen) atoms. The van der Waals surface area contributed by atoms with Crippen LogP contribution in [0.2, 0.25) is 0 Å². The first-order valence-electron chi connectivity index (χ1n) is 2.48. The quantitative estimate of drug-likeness (QED) is 0.341. The van der Waals surface area contributed by atoms with E-state index < -0.39 is 0 Å². The molecule has 0 N–H and O–H groups in total. The lowest BCUT2D eigenvalue weighted by Crippen LogP contribution is -2.05. The molecule has 0 amide bonds. The van der Waals surface area contributed by atoms with Crippen molar-refractivity contribution in [2.24, 2.45) is 0 Å². The molecule has 0 saturated carbocycles. The fraction of sp³-hybridized carbons (Fsp3) is 1.00. The molecule has 0 radical (unpaired) electrons. The fourth-order valence-corrected chi connectivity index (χ4v) is 1.36. The van der Waals surface area contributed by atoms with Crippen LogP contribution in [0, 0.1) is 0 Å². The third-order valence-corrected chi connectivity index (χ3v) is 2.72. The highest BCUT2D eigenvalue weighted by Crippen LogP contribution is 1.68. The summed E-state index contributed by atoms with van der Waals surface area (Å²) in [7, 11) is 0.638. The third kappa shape index (κ3) is 6.35. The van der Waals surface area contributed by atoms with Crippen LogP contribution in [0.3, 0.4) is 0 Å². The van der Waals surface area contributed by atoms with Crippen molar-refractivity contribution in [2.45, 2.75) is 6.92 Å². The Kier molecular flexibility index (Phi) is 6.67. The van der Waals surface area contributed by atoms with E-state index in [1.54, 1.807) is 0 Å². The van der Waals surface area contributed by atoms with E-state index in [2.05, 4.69) is 0 Å². The molecule has 0 bridgehead atoms. The van der Waals surface area contributed by atoms with Crippen molar-refractivity contribution < 1.29 is 8.85 Å². The number of rotatable bonds is 4. The minimum Gasteiger partial charge on any atom is -0.466 e. The topological polar surface area (TPSA) is 18.5 Å². The molecule has 0 fully saturated rings. The van der Waals surface area contributed by atoms with Crippen LogP contribution in [0.5, 0.6) is 0 Å². The van der Waals surface area contributed by atoms with Gasteiger partial charge >= 0.3 is 0 Å². The zero-order valence-electron chi connectivity index (χ0n) is 4.94. The van der Waals surface area contributed by atoms with E-state index in [0.717, 1.165) is 23.3 Å². The van der Waals surface area contributed by atoms with Gasteiger partial charge in [0.15, 0.2) is 9.76 Å². The van der Waals surface area contributed by atoms with Gasteiger partial charge in [-0.25, -0.2) is 0 Å². The van der Waals surface area contributed by atoms with E-state index in [-0.39, 0.29) is 9.76 Å². The second kappa shape index (κ2) is 6.35. The van der Waals surface area contributed by atoms with E-state index in [9.17, 15) is 0 Å². The lowest BCUT2D eigenvalue weighted by molar-refractivity contribution is 0.187. The molecule has 0 spiro atoms. The monoisotopic (exact) mass is 136 g/mol. The van der Waals surface area contributed by atoms with Gasteiger partial charge in [0, 0.05) is 6.61 Å². The van der Waals surface area contributed by atoms with Crippen LogP contribution in [-0.4, -0.2) is 33.1 Å². The van der Waals surface area contributed by atoms with Crippen molar-refractivity contribution in [3.05, 3.63) is 0 Å². The summed E-state index contributed by atoms with van der Waals surface area (Å²) in [4.78, 5) is 0. The molecule has 4 heteroatoms. The van der Waals surface area contributed by atoms with Gasteiger partial charge in [-0.2, -0.15) is 0 Å². The van der Waals surface area contributed by atoms with Gasteiger partial charge in [0.25, 0.3) is 0 Å². The summed E-state index contributed by atoms with van der Waals surface area (Å²) in [5, 5.41) is 0. The number of ether oxygens (including phenoxy) is 1. The van der Waals surface area contributed by atoms with Gasteiger partial charge in [-0.1, -0.05) is 0 Å². The molecule has 0 aromatic heterocycles. The minimum absolute atomic E-state index is 0.250. The first-order chi connectivity index (χ1) is 3.41. The van der Waals surface area contributed by atoms with Crippen molar-refractivity contribution in [3.8, 4) is 0 Å². The largest absolute Gasteiger partial charge is 0.466 e. The van der Waals surface area contributed by atoms with Gasteiger partial charge in [0.2, 0.25) is 0 Å². The van der Waals surface area contributed by atoms with Crippen molar-refractivity contribution in [2.75, 3.05) is 12.8 Å². The van der Waals surface area contributed by atoms with Gasteiger partial charge < -0.3 is 8.85 Å². The Morgan fingerprint density at radius 2 is 2.43 bits per heavy atom. The lowest BCUT2D eigenvalue weighted by Gasteiger charge is -1.95. The summed E-state index contributed by atoms with van der Waals surface area (Å²) in [6.07, 6.45) is 0.889. The zero-order valence-corrected chi connectivity index (χ0v) is 8.35. The normalized spacial score (nSPS) is 11.6. The molecule has 0 unspecified atom stereocenters. The van der Waals surface area contributed by atoms with Crippen molar-refractivity contribution in [1.82, 2.24) is 0 Å². The van der Waals surface area contributed by atoms with E-state index in [4.69, 9.17) is 8.85 Å². The predicted octanol–water partition coefficient (Wildman–Crippen LogP) is -1.64. The highest BCUT2D eigenvalue weighted by molar-refractivity contribution is 6.33. The minimum atomic E-state index is -0.250. The Labute approximate surface area is 49.7 Å². The SMILES string of the molecule is CCOC[SiH2]O[SiH3]. The van der Waals surface area contributed by atoms with Gasteiger partial charge in [-0.15, -0.1) is 0 Å². The Bertz CT molecular complexity index is 30.1. The smallest absolute Gasteiger partial charge is 0.171 e. The van der Waals surface area contributed by atoms with Crippen LogP contribution < -0.4 is 0 Å². The van der Waals surface area contributed by atoms with Crippen LogP contribution >= 0.6 is 0 Å². The second-order valence-corrected chi connectivity index (χ2v) is 4.32. The zero-order chi connectivity index (χ0) is 5.54. The Balaban J connectivity index is 2.45. The average Bonchev–Trinajstić information content (AvgIpc) is 1.69. The maximum atomic E-state index is 5.03. The average molecular weight is 136 g/mol. The van der Waals surface area contributed by atoms with E-state index in [0.29, 0.717) is 0 Å². The van der Waals surface area contributed by atoms with Crippen molar-refractivity contribution >= 4 is 20.2 Å². The molecule has 0 aliphatic heterocycles. The summed E-state index contributed by atoms with van der Waals surface area (Å²) >= 11 is 0. The highest BCUT2D eigenvalue weighted by Gasteiger charge is 1.79. The first kappa shape index (κ1) is 7.35. The molecule has 0 aromatic rings. The Morgan fingerprint density at radius 3 is 2.86 bits per heavy atom. The van der Waals surface area contributed by atoms with Crippen molar-refractivity contribution in [3.63, 3.8) is 0 Å². The van der Waals surface area contributed by atoms with Crippen molar-refractivity contribution in [1.29, 1.82) is 0 Å². The first-order valence-corrected chi connectivity index (χ1v) is 4.88. The molecule has 0 rings (SSSR count). The molecule has 0 aromatic carbocycles. The molecule has 0 aliphatic carbocycles. The fourth-order valence-electron chi connectivity index (χ4n) is 0.287. The molecule has 0 aliphatic rings. The molecule has 44 valence electrons.